The van der Waals surface area contributed by atoms with Crippen LogP contribution in [0.2, 0.25) is 0 Å². The molecule has 3 aromatic rings. The van der Waals surface area contributed by atoms with Crippen LogP contribution in [0.15, 0.2) is 59.4 Å². The van der Waals surface area contributed by atoms with Crippen molar-refractivity contribution in [1.29, 1.82) is 0 Å². The molecule has 1 heterocycles. The molecule has 1 aromatic heterocycles. The summed E-state index contributed by atoms with van der Waals surface area (Å²) in [6.07, 6.45) is -4.07. The number of nitrogens with one attached hydrogen (secondary N) is 1. The number of rotatable bonds is 4. The zero-order valence-corrected chi connectivity index (χ0v) is 16.3. The van der Waals surface area contributed by atoms with E-state index in [2.05, 4.69) is 10.4 Å². The SMILES string of the molecule is Cc1cc(=O)c(C(=O)N[C@H]2C[C@H]2c2cccc(F)c2)nn1-c1ccccc1C(F)(F)F. The van der Waals surface area contributed by atoms with Crippen molar-refractivity contribution in [3.8, 4) is 5.69 Å². The van der Waals surface area contributed by atoms with E-state index in [9.17, 15) is 27.2 Å². The number of aryl methyl sites for hydroxylation is 1. The molecule has 0 unspecified atom stereocenters. The summed E-state index contributed by atoms with van der Waals surface area (Å²) in [5.41, 5.74) is -1.55. The van der Waals surface area contributed by atoms with E-state index in [-0.39, 0.29) is 29.2 Å². The second kappa shape index (κ2) is 7.64. The summed E-state index contributed by atoms with van der Waals surface area (Å²) in [6.45, 7) is 1.43. The zero-order valence-electron chi connectivity index (χ0n) is 16.3. The van der Waals surface area contributed by atoms with Crippen molar-refractivity contribution in [2.24, 2.45) is 0 Å². The molecule has 0 radical (unpaired) electrons. The molecule has 5 nitrogen and oxygen atoms in total. The summed E-state index contributed by atoms with van der Waals surface area (Å²) >= 11 is 0. The first-order valence-electron chi connectivity index (χ1n) is 9.49. The van der Waals surface area contributed by atoms with Crippen LogP contribution in [-0.2, 0) is 6.18 Å². The maximum absolute atomic E-state index is 13.4. The van der Waals surface area contributed by atoms with E-state index in [1.807, 2.05) is 0 Å². The predicted octanol–water partition coefficient (Wildman–Crippen LogP) is 3.98. The predicted molar refractivity (Wildman–Crippen MR) is 105 cm³/mol. The van der Waals surface area contributed by atoms with Gasteiger partial charge in [-0.25, -0.2) is 9.07 Å². The van der Waals surface area contributed by atoms with Crippen molar-refractivity contribution in [2.45, 2.75) is 31.5 Å². The van der Waals surface area contributed by atoms with Gasteiger partial charge in [-0.05, 0) is 43.2 Å². The highest BCUT2D eigenvalue weighted by molar-refractivity contribution is 5.92. The number of aromatic nitrogens is 2. The Labute approximate surface area is 174 Å². The van der Waals surface area contributed by atoms with Crippen LogP contribution in [0.25, 0.3) is 5.69 Å². The summed E-state index contributed by atoms with van der Waals surface area (Å²) in [4.78, 5) is 25.0. The molecule has 4 rings (SSSR count). The molecule has 2 aromatic carbocycles. The van der Waals surface area contributed by atoms with Crippen molar-refractivity contribution in [2.75, 3.05) is 0 Å². The van der Waals surface area contributed by atoms with Crippen LogP contribution in [0, 0.1) is 12.7 Å². The standard InChI is InChI=1S/C22H17F4N3O2/c1-12-9-19(30)20(28-29(12)18-8-3-2-7-16(18)22(24,25)26)21(31)27-17-11-15(17)13-5-4-6-14(23)10-13/h2-10,15,17H,11H2,1H3,(H,27,31)/t15-,17-/m0/s1. The fourth-order valence-electron chi connectivity index (χ4n) is 3.54. The monoisotopic (exact) mass is 431 g/mol. The molecule has 0 spiro atoms. The van der Waals surface area contributed by atoms with E-state index in [0.717, 1.165) is 22.4 Å². The van der Waals surface area contributed by atoms with Crippen molar-refractivity contribution < 1.29 is 22.4 Å². The Kier molecular flexibility index (Phi) is 5.12. The van der Waals surface area contributed by atoms with Gasteiger partial charge in [0.15, 0.2) is 5.69 Å². The van der Waals surface area contributed by atoms with E-state index >= 15 is 0 Å². The lowest BCUT2D eigenvalue weighted by atomic mass is 10.1. The lowest BCUT2D eigenvalue weighted by Gasteiger charge is -2.16. The quantitative estimate of drug-likeness (QED) is 0.636. The Bertz CT molecular complexity index is 1220. The fourth-order valence-corrected chi connectivity index (χ4v) is 3.54. The van der Waals surface area contributed by atoms with Gasteiger partial charge in [-0.1, -0.05) is 24.3 Å². The lowest BCUT2D eigenvalue weighted by Crippen LogP contribution is -2.34. The third-order valence-electron chi connectivity index (χ3n) is 5.14. The molecule has 1 amide bonds. The highest BCUT2D eigenvalue weighted by Gasteiger charge is 2.40. The van der Waals surface area contributed by atoms with Crippen LogP contribution >= 0.6 is 0 Å². The highest BCUT2D eigenvalue weighted by Crippen LogP contribution is 2.41. The molecule has 1 fully saturated rings. The summed E-state index contributed by atoms with van der Waals surface area (Å²) in [5, 5.41) is 6.60. The van der Waals surface area contributed by atoms with E-state index in [4.69, 9.17) is 0 Å². The molecular weight excluding hydrogens is 414 g/mol. The first-order valence-corrected chi connectivity index (χ1v) is 9.49. The Hall–Kier alpha value is -3.49. The van der Waals surface area contributed by atoms with E-state index < -0.39 is 28.8 Å². The van der Waals surface area contributed by atoms with Crippen molar-refractivity contribution in [3.05, 3.63) is 93.2 Å². The maximum Gasteiger partial charge on any atom is 0.418 e. The number of alkyl halides is 3. The molecule has 2 atom stereocenters. The topological polar surface area (TPSA) is 64.0 Å². The van der Waals surface area contributed by atoms with Gasteiger partial charge >= 0.3 is 6.18 Å². The molecule has 9 heteroatoms. The van der Waals surface area contributed by atoms with Gasteiger partial charge in [0.2, 0.25) is 5.43 Å². The van der Waals surface area contributed by atoms with Crippen LogP contribution < -0.4 is 10.7 Å². The van der Waals surface area contributed by atoms with Gasteiger partial charge in [-0.3, -0.25) is 9.59 Å². The number of benzene rings is 2. The molecule has 0 aliphatic heterocycles. The summed E-state index contributed by atoms with van der Waals surface area (Å²) < 4.78 is 54.6. The minimum absolute atomic E-state index is 0.0988. The van der Waals surface area contributed by atoms with Crippen LogP contribution in [0.5, 0.6) is 0 Å². The minimum atomic E-state index is -4.64. The molecule has 160 valence electrons. The Morgan fingerprint density at radius 3 is 2.58 bits per heavy atom. The molecule has 1 N–H and O–H groups in total. The number of carbonyl (C=O) groups excluding carboxylic acids is 1. The van der Waals surface area contributed by atoms with Crippen molar-refractivity contribution in [1.82, 2.24) is 15.1 Å². The molecule has 1 saturated carbocycles. The maximum atomic E-state index is 13.4. The van der Waals surface area contributed by atoms with Gasteiger partial charge < -0.3 is 5.32 Å². The molecule has 1 aliphatic carbocycles. The normalized spacial score (nSPS) is 18.0. The molecular formula is C22H17F4N3O2. The third-order valence-corrected chi connectivity index (χ3v) is 5.14. The largest absolute Gasteiger partial charge is 0.418 e. The Morgan fingerprint density at radius 2 is 1.87 bits per heavy atom. The number of halogens is 4. The highest BCUT2D eigenvalue weighted by atomic mass is 19.4. The van der Waals surface area contributed by atoms with E-state index in [0.29, 0.717) is 6.42 Å². The van der Waals surface area contributed by atoms with Crippen LogP contribution in [-0.4, -0.2) is 21.7 Å². The number of hydrogen-bond donors (Lipinski definition) is 1. The number of para-hydroxylation sites is 1. The van der Waals surface area contributed by atoms with E-state index in [1.165, 1.54) is 37.3 Å². The van der Waals surface area contributed by atoms with Crippen LogP contribution in [0.4, 0.5) is 17.6 Å². The second-order valence-electron chi connectivity index (χ2n) is 7.40. The summed E-state index contributed by atoms with van der Waals surface area (Å²) in [6, 6.07) is 11.6. The first-order chi connectivity index (χ1) is 14.6. The van der Waals surface area contributed by atoms with Crippen LogP contribution in [0.3, 0.4) is 0 Å². The van der Waals surface area contributed by atoms with Gasteiger partial charge in [0, 0.05) is 23.7 Å². The molecule has 0 saturated heterocycles. The second-order valence-corrected chi connectivity index (χ2v) is 7.40. The average Bonchev–Trinajstić information content (AvgIpc) is 3.46. The van der Waals surface area contributed by atoms with E-state index in [1.54, 1.807) is 12.1 Å². The van der Waals surface area contributed by atoms with Crippen molar-refractivity contribution >= 4 is 5.91 Å². The zero-order chi connectivity index (χ0) is 22.3. The third kappa shape index (κ3) is 4.21. The number of carbonyl (C=O) groups is 1. The van der Waals surface area contributed by atoms with Gasteiger partial charge in [0.25, 0.3) is 5.91 Å². The molecule has 31 heavy (non-hydrogen) atoms. The number of nitrogens with zero attached hydrogens (tertiary/aromatic N) is 2. The number of amides is 1. The van der Waals surface area contributed by atoms with Crippen molar-refractivity contribution in [3.63, 3.8) is 0 Å². The average molecular weight is 431 g/mol. The Morgan fingerprint density at radius 1 is 1.13 bits per heavy atom. The van der Waals surface area contributed by atoms with Gasteiger partial charge in [-0.15, -0.1) is 0 Å². The summed E-state index contributed by atoms with van der Waals surface area (Å²) in [5.74, 6) is -1.27. The van der Waals surface area contributed by atoms with Gasteiger partial charge in [0.1, 0.15) is 5.82 Å². The summed E-state index contributed by atoms with van der Waals surface area (Å²) in [7, 11) is 0. The van der Waals surface area contributed by atoms with Crippen LogP contribution in [0.1, 0.15) is 39.6 Å². The first kappa shape index (κ1) is 20.8. The lowest BCUT2D eigenvalue weighted by molar-refractivity contribution is -0.137. The Balaban J connectivity index is 1.62. The van der Waals surface area contributed by atoms with Gasteiger partial charge in [0.05, 0.1) is 11.3 Å². The molecule has 0 bridgehead atoms. The minimum Gasteiger partial charge on any atom is -0.347 e. The molecule has 1 aliphatic rings. The fraction of sp³-hybridized carbons (Fsp3) is 0.227. The smallest absolute Gasteiger partial charge is 0.347 e. The van der Waals surface area contributed by atoms with Gasteiger partial charge in [-0.2, -0.15) is 18.3 Å². The number of hydrogen-bond acceptors (Lipinski definition) is 3.